The van der Waals surface area contributed by atoms with Gasteiger partial charge < -0.3 is 14.8 Å². The molecule has 0 aliphatic heterocycles. The van der Waals surface area contributed by atoms with E-state index < -0.39 is 0 Å². The zero-order valence-electron chi connectivity index (χ0n) is 16.3. The summed E-state index contributed by atoms with van der Waals surface area (Å²) in [6.45, 7) is 2.23. The van der Waals surface area contributed by atoms with Crippen molar-refractivity contribution >= 4 is 27.5 Å². The summed E-state index contributed by atoms with van der Waals surface area (Å²) >= 11 is 9.68. The van der Waals surface area contributed by atoms with E-state index >= 15 is 0 Å². The predicted molar refractivity (Wildman–Crippen MR) is 119 cm³/mol. The Morgan fingerprint density at radius 2 is 2.04 bits per heavy atom. The first-order valence-electron chi connectivity index (χ1n) is 9.78. The molecule has 0 saturated carbocycles. The van der Waals surface area contributed by atoms with Crippen molar-refractivity contribution in [2.45, 2.75) is 45.3 Å². The van der Waals surface area contributed by atoms with E-state index in [1.165, 1.54) is 25.7 Å². The Labute approximate surface area is 181 Å². The highest BCUT2D eigenvalue weighted by Crippen LogP contribution is 2.37. The van der Waals surface area contributed by atoms with Gasteiger partial charge in [0.05, 0.1) is 11.6 Å². The average Bonchev–Trinajstić information content (AvgIpc) is 2.71. The zero-order chi connectivity index (χ0) is 19.8. The van der Waals surface area contributed by atoms with E-state index in [1.807, 2.05) is 30.3 Å². The van der Waals surface area contributed by atoms with Crippen molar-refractivity contribution in [3.8, 4) is 11.5 Å². The fourth-order valence-electron chi connectivity index (χ4n) is 3.41. The SMILES string of the molecule is COc1cc(CNCCC2=CCCCC2)cc(Br)c1OCc1cccc(Cl)c1. The second-order valence-electron chi connectivity index (χ2n) is 7.06. The van der Waals surface area contributed by atoms with Gasteiger partial charge in [0.2, 0.25) is 0 Å². The molecule has 0 aromatic heterocycles. The Kier molecular flexibility index (Phi) is 8.26. The number of hydrogen-bond acceptors (Lipinski definition) is 3. The van der Waals surface area contributed by atoms with Crippen LogP contribution in [0.4, 0.5) is 0 Å². The average molecular weight is 465 g/mol. The largest absolute Gasteiger partial charge is 0.493 e. The molecule has 0 saturated heterocycles. The molecule has 150 valence electrons. The third kappa shape index (κ3) is 6.26. The second-order valence-corrected chi connectivity index (χ2v) is 8.35. The van der Waals surface area contributed by atoms with Gasteiger partial charge in [0.25, 0.3) is 0 Å². The molecule has 0 bridgehead atoms. The van der Waals surface area contributed by atoms with Crippen LogP contribution in [0.15, 0.2) is 52.5 Å². The molecule has 1 aliphatic carbocycles. The maximum Gasteiger partial charge on any atom is 0.175 e. The number of allylic oxidation sites excluding steroid dienone is 1. The number of ether oxygens (including phenoxy) is 2. The predicted octanol–water partition coefficient (Wildman–Crippen LogP) is 6.67. The molecule has 1 aliphatic rings. The summed E-state index contributed by atoms with van der Waals surface area (Å²) in [5.41, 5.74) is 3.78. The van der Waals surface area contributed by atoms with Crippen LogP contribution in [0.25, 0.3) is 0 Å². The van der Waals surface area contributed by atoms with Crippen molar-refractivity contribution in [1.82, 2.24) is 5.32 Å². The smallest absolute Gasteiger partial charge is 0.175 e. The lowest BCUT2D eigenvalue weighted by atomic mass is 9.97. The van der Waals surface area contributed by atoms with Crippen molar-refractivity contribution < 1.29 is 9.47 Å². The first-order chi connectivity index (χ1) is 13.7. The van der Waals surface area contributed by atoms with Gasteiger partial charge in [0, 0.05) is 11.6 Å². The molecule has 0 unspecified atom stereocenters. The molecule has 0 fully saturated rings. The quantitative estimate of drug-likeness (QED) is 0.332. The summed E-state index contributed by atoms with van der Waals surface area (Å²) in [6, 6.07) is 11.8. The van der Waals surface area contributed by atoms with Crippen LogP contribution in [0.2, 0.25) is 5.02 Å². The minimum absolute atomic E-state index is 0.433. The Balaban J connectivity index is 1.56. The number of rotatable bonds is 9. The molecular weight excluding hydrogens is 438 g/mol. The monoisotopic (exact) mass is 463 g/mol. The van der Waals surface area contributed by atoms with Crippen LogP contribution >= 0.6 is 27.5 Å². The molecule has 2 aromatic rings. The highest BCUT2D eigenvalue weighted by Gasteiger charge is 2.12. The van der Waals surface area contributed by atoms with Crippen molar-refractivity contribution in [3.63, 3.8) is 0 Å². The van der Waals surface area contributed by atoms with Crippen molar-refractivity contribution in [3.05, 3.63) is 68.7 Å². The van der Waals surface area contributed by atoms with E-state index in [1.54, 1.807) is 12.7 Å². The van der Waals surface area contributed by atoms with Gasteiger partial charge >= 0.3 is 0 Å². The second kappa shape index (κ2) is 10.9. The summed E-state index contributed by atoms with van der Waals surface area (Å²) in [5, 5.41) is 4.24. The molecule has 2 aromatic carbocycles. The Morgan fingerprint density at radius 1 is 1.14 bits per heavy atom. The zero-order valence-corrected chi connectivity index (χ0v) is 18.6. The number of benzene rings is 2. The molecule has 0 heterocycles. The first-order valence-corrected chi connectivity index (χ1v) is 10.9. The van der Waals surface area contributed by atoms with Gasteiger partial charge in [-0.1, -0.05) is 35.4 Å². The van der Waals surface area contributed by atoms with Crippen LogP contribution in [-0.4, -0.2) is 13.7 Å². The number of halogens is 2. The third-order valence-electron chi connectivity index (χ3n) is 4.90. The van der Waals surface area contributed by atoms with E-state index in [0.717, 1.165) is 40.9 Å². The number of methoxy groups -OCH3 is 1. The van der Waals surface area contributed by atoms with Gasteiger partial charge in [-0.2, -0.15) is 0 Å². The molecule has 5 heteroatoms. The van der Waals surface area contributed by atoms with E-state index in [0.29, 0.717) is 17.4 Å². The molecule has 0 spiro atoms. The Bertz CT molecular complexity index is 822. The maximum absolute atomic E-state index is 6.05. The standard InChI is InChI=1S/C23H27BrClNO2/c1-27-22-14-19(15-26-11-10-17-6-3-2-4-7-17)13-21(24)23(22)28-16-18-8-5-9-20(25)12-18/h5-6,8-9,12-14,26H,2-4,7,10-11,15-16H2,1H3. The molecule has 28 heavy (non-hydrogen) atoms. The fourth-order valence-corrected chi connectivity index (χ4v) is 4.23. The van der Waals surface area contributed by atoms with E-state index in [2.05, 4.69) is 33.4 Å². The van der Waals surface area contributed by atoms with Crippen molar-refractivity contribution in [2.75, 3.05) is 13.7 Å². The molecule has 1 N–H and O–H groups in total. The summed E-state index contributed by atoms with van der Waals surface area (Å²) < 4.78 is 12.5. The van der Waals surface area contributed by atoms with Crippen LogP contribution in [0, 0.1) is 0 Å². The van der Waals surface area contributed by atoms with Gasteiger partial charge in [0.15, 0.2) is 11.5 Å². The van der Waals surface area contributed by atoms with Crippen molar-refractivity contribution in [2.24, 2.45) is 0 Å². The van der Waals surface area contributed by atoms with Gasteiger partial charge in [-0.25, -0.2) is 0 Å². The van der Waals surface area contributed by atoms with Gasteiger partial charge in [-0.3, -0.25) is 0 Å². The summed E-state index contributed by atoms with van der Waals surface area (Å²) in [6.07, 6.45) is 8.74. The number of nitrogens with one attached hydrogen (secondary N) is 1. The minimum Gasteiger partial charge on any atom is -0.493 e. The van der Waals surface area contributed by atoms with Crippen LogP contribution < -0.4 is 14.8 Å². The molecular formula is C23H27BrClNO2. The molecule has 0 atom stereocenters. The van der Waals surface area contributed by atoms with Crippen molar-refractivity contribution in [1.29, 1.82) is 0 Å². The fraction of sp³-hybridized carbons (Fsp3) is 0.391. The van der Waals surface area contributed by atoms with Gasteiger partial charge in [-0.15, -0.1) is 0 Å². The first kappa shape index (κ1) is 21.2. The lowest BCUT2D eigenvalue weighted by molar-refractivity contribution is 0.282. The minimum atomic E-state index is 0.433. The number of hydrogen-bond donors (Lipinski definition) is 1. The van der Waals surface area contributed by atoms with Crippen LogP contribution in [0.5, 0.6) is 11.5 Å². The summed E-state index contributed by atoms with van der Waals surface area (Å²) in [5.74, 6) is 1.43. The molecule has 0 radical (unpaired) electrons. The van der Waals surface area contributed by atoms with Crippen LogP contribution in [0.3, 0.4) is 0 Å². The molecule has 3 rings (SSSR count). The lowest BCUT2D eigenvalue weighted by Crippen LogP contribution is -2.16. The molecule has 3 nitrogen and oxygen atoms in total. The lowest BCUT2D eigenvalue weighted by Gasteiger charge is -2.16. The topological polar surface area (TPSA) is 30.5 Å². The van der Waals surface area contributed by atoms with E-state index in [9.17, 15) is 0 Å². The summed E-state index contributed by atoms with van der Waals surface area (Å²) in [4.78, 5) is 0. The molecule has 0 amide bonds. The Hall–Kier alpha value is -1.49. The third-order valence-corrected chi connectivity index (χ3v) is 5.72. The normalized spacial score (nSPS) is 13.9. The van der Waals surface area contributed by atoms with E-state index in [4.69, 9.17) is 21.1 Å². The highest BCUT2D eigenvalue weighted by molar-refractivity contribution is 9.10. The van der Waals surface area contributed by atoms with E-state index in [-0.39, 0.29) is 0 Å². The Morgan fingerprint density at radius 3 is 2.79 bits per heavy atom. The summed E-state index contributed by atoms with van der Waals surface area (Å²) in [7, 11) is 1.67. The van der Waals surface area contributed by atoms with Crippen LogP contribution in [-0.2, 0) is 13.2 Å². The van der Waals surface area contributed by atoms with Gasteiger partial charge in [0.1, 0.15) is 6.61 Å². The van der Waals surface area contributed by atoms with Crippen LogP contribution in [0.1, 0.15) is 43.2 Å². The van der Waals surface area contributed by atoms with Gasteiger partial charge in [-0.05, 0) is 90.0 Å². The maximum atomic E-state index is 6.05. The highest BCUT2D eigenvalue weighted by atomic mass is 79.9.